The summed E-state index contributed by atoms with van der Waals surface area (Å²) >= 11 is 5.43. The summed E-state index contributed by atoms with van der Waals surface area (Å²) in [4.78, 5) is 3.28. The fourth-order valence-corrected chi connectivity index (χ4v) is 2.94. The van der Waals surface area contributed by atoms with E-state index in [9.17, 15) is 0 Å². The van der Waals surface area contributed by atoms with Crippen molar-refractivity contribution >= 4 is 23.3 Å². The van der Waals surface area contributed by atoms with E-state index in [1.54, 1.807) is 0 Å². The van der Waals surface area contributed by atoms with E-state index < -0.39 is 0 Å². The topological polar surface area (TPSA) is 29.9 Å². The maximum Gasteiger partial charge on any atom is 0.178 e. The van der Waals surface area contributed by atoms with Gasteiger partial charge in [0, 0.05) is 19.1 Å². The molecule has 1 fully saturated rings. The van der Waals surface area contributed by atoms with Crippen LogP contribution in [0.5, 0.6) is 0 Å². The van der Waals surface area contributed by atoms with Gasteiger partial charge < -0.3 is 14.3 Å². The highest BCUT2D eigenvalue weighted by Crippen LogP contribution is 2.21. The number of rotatable bonds is 2. The van der Waals surface area contributed by atoms with Crippen molar-refractivity contribution in [3.63, 3.8) is 0 Å². The molecule has 1 aromatic heterocycles. The van der Waals surface area contributed by atoms with Crippen LogP contribution in [-0.4, -0.2) is 22.8 Å². The molecule has 18 heavy (non-hydrogen) atoms. The monoisotopic (exact) mass is 262 g/mol. The minimum absolute atomic E-state index is 0.588. The molecule has 0 bridgehead atoms. The number of hydrogen-bond donors (Lipinski definition) is 1. The average Bonchev–Trinajstić information content (AvgIpc) is 2.67. The van der Waals surface area contributed by atoms with Crippen LogP contribution in [0, 0.1) is 17.6 Å². The van der Waals surface area contributed by atoms with E-state index in [1.807, 2.05) is 0 Å². The minimum atomic E-state index is 0.588. The number of H-pyrrole nitrogens is 1. The van der Waals surface area contributed by atoms with Crippen molar-refractivity contribution in [3.05, 3.63) is 28.5 Å². The molecule has 0 amide bonds. The fourth-order valence-electron chi connectivity index (χ4n) is 2.65. The number of hydrogen-bond acceptors (Lipinski definition) is 2. The van der Waals surface area contributed by atoms with Gasteiger partial charge in [-0.25, -0.2) is 0 Å². The molecule has 1 saturated heterocycles. The van der Waals surface area contributed by atoms with Crippen molar-refractivity contribution in [2.24, 2.45) is 5.92 Å². The molecule has 1 aliphatic heterocycles. The first-order valence-corrected chi connectivity index (χ1v) is 6.92. The van der Waals surface area contributed by atoms with Gasteiger partial charge in [-0.2, -0.15) is 0 Å². The predicted molar refractivity (Wildman–Crippen MR) is 75.4 cm³/mol. The number of imidazole rings is 1. The number of nitrogens with one attached hydrogen (secondary N) is 1. The summed E-state index contributed by atoms with van der Waals surface area (Å²) in [6.07, 6.45) is 2.40. The van der Waals surface area contributed by atoms with E-state index >= 15 is 0 Å². The van der Waals surface area contributed by atoms with Gasteiger partial charge >= 0.3 is 0 Å². The van der Waals surface area contributed by atoms with Crippen LogP contribution in [0.3, 0.4) is 0 Å². The van der Waals surface area contributed by atoms with Gasteiger partial charge in [-0.1, -0.05) is 6.07 Å². The first-order chi connectivity index (χ1) is 8.74. The highest BCUT2D eigenvalue weighted by Gasteiger charge is 2.16. The summed E-state index contributed by atoms with van der Waals surface area (Å²) in [7, 11) is 0. The maximum atomic E-state index is 5.55. The summed E-state index contributed by atoms with van der Waals surface area (Å²) in [6.45, 7) is 4.85. The lowest BCUT2D eigenvalue weighted by Crippen LogP contribution is -2.22. The number of aromatic nitrogens is 2. The van der Waals surface area contributed by atoms with E-state index in [4.69, 9.17) is 17.0 Å². The number of ether oxygens (including phenoxy) is 1. The second-order valence-corrected chi connectivity index (χ2v) is 5.53. The minimum Gasteiger partial charge on any atom is -0.381 e. The molecule has 1 atom stereocenters. The van der Waals surface area contributed by atoms with Crippen LogP contribution in [0.15, 0.2) is 18.2 Å². The standard InChI is InChI=1S/C14H18N2OS/c1-10-4-5-12-13(7-10)16(14(18)15-12)8-11-3-2-6-17-9-11/h4-5,7,11H,2-3,6,8-9H2,1H3,(H,15,18). The molecule has 1 unspecified atom stereocenters. The number of fused-ring (bicyclic) bond motifs is 1. The van der Waals surface area contributed by atoms with Gasteiger partial charge in [0.25, 0.3) is 0 Å². The SMILES string of the molecule is Cc1ccc2[nH]c(=S)n(CC3CCCOC3)c2c1. The molecule has 1 N–H and O–H groups in total. The van der Waals surface area contributed by atoms with Crippen LogP contribution >= 0.6 is 12.2 Å². The Hall–Kier alpha value is -1.13. The first kappa shape index (κ1) is 11.9. The molecule has 2 heterocycles. The third-order valence-corrected chi connectivity index (χ3v) is 3.95. The molecular formula is C14H18N2OS. The van der Waals surface area contributed by atoms with Gasteiger partial charge in [-0.15, -0.1) is 0 Å². The lowest BCUT2D eigenvalue weighted by molar-refractivity contribution is 0.0486. The molecule has 3 nitrogen and oxygen atoms in total. The molecule has 0 aliphatic carbocycles. The van der Waals surface area contributed by atoms with E-state index in [0.717, 1.165) is 30.0 Å². The van der Waals surface area contributed by atoms with Crippen LogP contribution in [0.4, 0.5) is 0 Å². The molecule has 1 aliphatic rings. The van der Waals surface area contributed by atoms with Crippen molar-refractivity contribution in [2.75, 3.05) is 13.2 Å². The highest BCUT2D eigenvalue weighted by molar-refractivity contribution is 7.71. The summed E-state index contributed by atoms with van der Waals surface area (Å²) < 4.78 is 8.59. The van der Waals surface area contributed by atoms with Crippen LogP contribution in [0.25, 0.3) is 11.0 Å². The van der Waals surface area contributed by atoms with E-state index in [-0.39, 0.29) is 0 Å². The van der Waals surface area contributed by atoms with Gasteiger partial charge in [0.2, 0.25) is 0 Å². The predicted octanol–water partition coefficient (Wildman–Crippen LogP) is 3.43. The van der Waals surface area contributed by atoms with Crippen LogP contribution < -0.4 is 0 Å². The first-order valence-electron chi connectivity index (χ1n) is 6.51. The van der Waals surface area contributed by atoms with Gasteiger partial charge in [0.15, 0.2) is 4.77 Å². The molecule has 4 heteroatoms. The Morgan fingerprint density at radius 2 is 2.39 bits per heavy atom. The Bertz CT molecular complexity index is 608. The molecule has 0 spiro atoms. The Morgan fingerprint density at radius 3 is 3.17 bits per heavy atom. The molecule has 96 valence electrons. The quantitative estimate of drug-likeness (QED) is 0.840. The number of benzene rings is 1. The second-order valence-electron chi connectivity index (χ2n) is 5.14. The molecule has 1 aromatic carbocycles. The van der Waals surface area contributed by atoms with Crippen molar-refractivity contribution in [1.82, 2.24) is 9.55 Å². The molecule has 3 rings (SSSR count). The summed E-state index contributed by atoms with van der Waals surface area (Å²) in [5.74, 6) is 0.588. The third-order valence-electron chi connectivity index (χ3n) is 3.63. The smallest absolute Gasteiger partial charge is 0.178 e. The van der Waals surface area contributed by atoms with Gasteiger partial charge in [0.05, 0.1) is 17.6 Å². The number of aromatic amines is 1. The van der Waals surface area contributed by atoms with E-state index in [0.29, 0.717) is 5.92 Å². The Balaban J connectivity index is 1.97. The van der Waals surface area contributed by atoms with Crippen molar-refractivity contribution in [1.29, 1.82) is 0 Å². The summed E-state index contributed by atoms with van der Waals surface area (Å²) in [5.41, 5.74) is 3.61. The molecule has 0 saturated carbocycles. The van der Waals surface area contributed by atoms with Gasteiger partial charge in [-0.3, -0.25) is 0 Å². The normalized spacial score (nSPS) is 20.4. The average molecular weight is 262 g/mol. The zero-order valence-electron chi connectivity index (χ0n) is 10.6. The zero-order chi connectivity index (χ0) is 12.5. The number of aryl methyl sites for hydroxylation is 1. The second kappa shape index (κ2) is 4.86. The van der Waals surface area contributed by atoms with E-state index in [1.165, 1.54) is 23.9 Å². The van der Waals surface area contributed by atoms with Crippen LogP contribution in [-0.2, 0) is 11.3 Å². The van der Waals surface area contributed by atoms with Crippen molar-refractivity contribution in [3.8, 4) is 0 Å². The lowest BCUT2D eigenvalue weighted by Gasteiger charge is -2.22. The number of nitrogens with zero attached hydrogens (tertiary/aromatic N) is 1. The molecular weight excluding hydrogens is 244 g/mol. The molecule has 0 radical (unpaired) electrons. The van der Waals surface area contributed by atoms with Gasteiger partial charge in [0.1, 0.15) is 0 Å². The lowest BCUT2D eigenvalue weighted by atomic mass is 10.0. The van der Waals surface area contributed by atoms with Crippen LogP contribution in [0.1, 0.15) is 18.4 Å². The van der Waals surface area contributed by atoms with E-state index in [2.05, 4.69) is 34.7 Å². The Kier molecular flexibility index (Phi) is 3.22. The Morgan fingerprint density at radius 1 is 1.50 bits per heavy atom. The van der Waals surface area contributed by atoms with Crippen molar-refractivity contribution < 1.29 is 4.74 Å². The van der Waals surface area contributed by atoms with Crippen LogP contribution in [0.2, 0.25) is 0 Å². The zero-order valence-corrected chi connectivity index (χ0v) is 11.4. The van der Waals surface area contributed by atoms with Crippen molar-refractivity contribution in [2.45, 2.75) is 26.3 Å². The summed E-state index contributed by atoms with van der Waals surface area (Å²) in [5, 5.41) is 0. The maximum absolute atomic E-state index is 5.55. The Labute approximate surface area is 112 Å². The largest absolute Gasteiger partial charge is 0.381 e. The van der Waals surface area contributed by atoms with Gasteiger partial charge in [-0.05, 0) is 49.7 Å². The highest BCUT2D eigenvalue weighted by atomic mass is 32.1. The molecule has 2 aromatic rings. The fraction of sp³-hybridized carbons (Fsp3) is 0.500. The summed E-state index contributed by atoms with van der Waals surface area (Å²) in [6, 6.07) is 6.42. The third kappa shape index (κ3) is 2.22.